The Labute approximate surface area is 146 Å². The fourth-order valence-corrected chi connectivity index (χ4v) is 3.35. The Morgan fingerprint density at radius 2 is 2.25 bits per heavy atom. The van der Waals surface area contributed by atoms with Crippen LogP contribution in [0.3, 0.4) is 0 Å². The zero-order valence-corrected chi connectivity index (χ0v) is 14.4. The Hall–Kier alpha value is -1.76. The third kappa shape index (κ3) is 4.87. The third-order valence-electron chi connectivity index (χ3n) is 3.84. The zero-order valence-electron chi connectivity index (χ0n) is 13.6. The minimum Gasteiger partial charge on any atom is -0.379 e. The topological polar surface area (TPSA) is 60.5 Å². The van der Waals surface area contributed by atoms with Gasteiger partial charge in [0.1, 0.15) is 10.7 Å². The van der Waals surface area contributed by atoms with Gasteiger partial charge >= 0.3 is 0 Å². The number of carbonyl (C=O) groups excluding carboxylic acids is 1. The van der Waals surface area contributed by atoms with Crippen molar-refractivity contribution in [2.75, 3.05) is 26.4 Å². The van der Waals surface area contributed by atoms with E-state index in [-0.39, 0.29) is 12.0 Å². The second-order valence-electron chi connectivity index (χ2n) is 5.72. The van der Waals surface area contributed by atoms with Gasteiger partial charge in [0.2, 0.25) is 0 Å². The number of ether oxygens (including phenoxy) is 2. The van der Waals surface area contributed by atoms with E-state index in [1.165, 1.54) is 11.3 Å². The molecule has 0 bridgehead atoms. The second-order valence-corrected chi connectivity index (χ2v) is 6.58. The van der Waals surface area contributed by atoms with Crippen LogP contribution in [0.1, 0.15) is 29.8 Å². The number of nitrogens with zero attached hydrogens (tertiary/aromatic N) is 1. The number of amides is 1. The molecule has 0 saturated carbocycles. The van der Waals surface area contributed by atoms with Crippen LogP contribution in [-0.4, -0.2) is 43.4 Å². The summed E-state index contributed by atoms with van der Waals surface area (Å²) in [5, 5.41) is 5.55. The second kappa shape index (κ2) is 8.92. The molecule has 0 aliphatic carbocycles. The average molecular weight is 346 g/mol. The van der Waals surface area contributed by atoms with E-state index < -0.39 is 0 Å². The van der Waals surface area contributed by atoms with Crippen LogP contribution >= 0.6 is 11.3 Å². The van der Waals surface area contributed by atoms with Gasteiger partial charge in [0.15, 0.2) is 0 Å². The first kappa shape index (κ1) is 17.1. The monoisotopic (exact) mass is 346 g/mol. The highest BCUT2D eigenvalue weighted by atomic mass is 32.1. The molecule has 1 saturated heterocycles. The predicted molar refractivity (Wildman–Crippen MR) is 94.3 cm³/mol. The average Bonchev–Trinajstić information content (AvgIpc) is 3.30. The zero-order chi connectivity index (χ0) is 16.6. The fourth-order valence-electron chi connectivity index (χ4n) is 2.55. The first-order chi connectivity index (χ1) is 11.8. The molecule has 3 rings (SSSR count). The van der Waals surface area contributed by atoms with Crippen molar-refractivity contribution in [3.8, 4) is 10.6 Å². The Balaban J connectivity index is 1.35. The minimum atomic E-state index is -0.132. The highest BCUT2D eigenvalue weighted by molar-refractivity contribution is 7.13. The molecule has 128 valence electrons. The lowest BCUT2D eigenvalue weighted by Crippen LogP contribution is -2.26. The van der Waals surface area contributed by atoms with Crippen LogP contribution in [0.4, 0.5) is 0 Å². The first-order valence-corrected chi connectivity index (χ1v) is 9.19. The summed E-state index contributed by atoms with van der Waals surface area (Å²) < 4.78 is 11.1. The van der Waals surface area contributed by atoms with Crippen LogP contribution in [0.15, 0.2) is 35.7 Å². The summed E-state index contributed by atoms with van der Waals surface area (Å²) in [6.45, 7) is 2.72. The summed E-state index contributed by atoms with van der Waals surface area (Å²) in [5.74, 6) is -0.132. The molecular formula is C18H22N2O3S. The summed E-state index contributed by atoms with van der Waals surface area (Å²) in [6, 6.07) is 9.88. The summed E-state index contributed by atoms with van der Waals surface area (Å²) in [7, 11) is 0. The lowest BCUT2D eigenvalue weighted by Gasteiger charge is -2.10. The van der Waals surface area contributed by atoms with Crippen molar-refractivity contribution in [3.63, 3.8) is 0 Å². The quantitative estimate of drug-likeness (QED) is 0.746. The molecule has 1 unspecified atom stereocenters. The Bertz CT molecular complexity index is 639. The van der Waals surface area contributed by atoms with Crippen molar-refractivity contribution in [1.82, 2.24) is 10.3 Å². The van der Waals surface area contributed by atoms with Gasteiger partial charge in [0.05, 0.1) is 12.7 Å². The standard InChI is InChI=1S/C18H22N2O3S/c21-17(19-9-5-10-22-12-15-8-4-11-23-15)16-13-24-18(20-16)14-6-2-1-3-7-14/h1-3,6-7,13,15H,4-5,8-12H2,(H,19,21). The highest BCUT2D eigenvalue weighted by Gasteiger charge is 2.15. The van der Waals surface area contributed by atoms with Crippen LogP contribution in [0, 0.1) is 0 Å². The molecule has 1 fully saturated rings. The van der Waals surface area contributed by atoms with E-state index >= 15 is 0 Å². The minimum absolute atomic E-state index is 0.132. The number of hydrogen-bond acceptors (Lipinski definition) is 5. The number of thiazole rings is 1. The van der Waals surface area contributed by atoms with E-state index in [1.807, 2.05) is 30.3 Å². The molecule has 2 aromatic rings. The molecule has 1 aromatic heterocycles. The van der Waals surface area contributed by atoms with Gasteiger partial charge in [0, 0.05) is 30.7 Å². The number of carbonyl (C=O) groups is 1. The molecule has 6 heteroatoms. The van der Waals surface area contributed by atoms with E-state index in [2.05, 4.69) is 10.3 Å². The van der Waals surface area contributed by atoms with Gasteiger partial charge in [-0.1, -0.05) is 30.3 Å². The Kier molecular flexibility index (Phi) is 6.34. The van der Waals surface area contributed by atoms with Gasteiger partial charge in [-0.2, -0.15) is 0 Å². The molecule has 1 atom stereocenters. The highest BCUT2D eigenvalue weighted by Crippen LogP contribution is 2.23. The van der Waals surface area contributed by atoms with Gasteiger partial charge in [0.25, 0.3) is 5.91 Å². The van der Waals surface area contributed by atoms with Crippen LogP contribution in [0.25, 0.3) is 10.6 Å². The molecule has 1 aromatic carbocycles. The Morgan fingerprint density at radius 3 is 3.04 bits per heavy atom. The van der Waals surface area contributed by atoms with Crippen LogP contribution in [0.2, 0.25) is 0 Å². The molecule has 1 aliphatic heterocycles. The van der Waals surface area contributed by atoms with Gasteiger partial charge in [-0.05, 0) is 19.3 Å². The van der Waals surface area contributed by atoms with Crippen molar-refractivity contribution in [3.05, 3.63) is 41.4 Å². The number of aromatic nitrogens is 1. The lowest BCUT2D eigenvalue weighted by molar-refractivity contribution is 0.0166. The van der Waals surface area contributed by atoms with Gasteiger partial charge in [-0.3, -0.25) is 4.79 Å². The van der Waals surface area contributed by atoms with E-state index in [4.69, 9.17) is 9.47 Å². The third-order valence-corrected chi connectivity index (χ3v) is 4.73. The van der Waals surface area contributed by atoms with E-state index in [0.29, 0.717) is 25.5 Å². The van der Waals surface area contributed by atoms with Crippen LogP contribution in [0.5, 0.6) is 0 Å². The molecule has 0 spiro atoms. The number of hydrogen-bond donors (Lipinski definition) is 1. The molecule has 1 aliphatic rings. The molecule has 1 N–H and O–H groups in total. The maximum atomic E-state index is 12.1. The van der Waals surface area contributed by atoms with E-state index in [0.717, 1.165) is 36.4 Å². The molecule has 24 heavy (non-hydrogen) atoms. The predicted octanol–water partition coefficient (Wildman–Crippen LogP) is 3.13. The summed E-state index contributed by atoms with van der Waals surface area (Å²) >= 11 is 1.48. The smallest absolute Gasteiger partial charge is 0.270 e. The summed E-state index contributed by atoms with van der Waals surface area (Å²) in [4.78, 5) is 16.5. The molecule has 5 nitrogen and oxygen atoms in total. The van der Waals surface area contributed by atoms with Crippen molar-refractivity contribution >= 4 is 17.2 Å². The van der Waals surface area contributed by atoms with Gasteiger partial charge in [-0.15, -0.1) is 11.3 Å². The van der Waals surface area contributed by atoms with Crippen molar-refractivity contribution in [1.29, 1.82) is 0 Å². The molecule has 2 heterocycles. The van der Waals surface area contributed by atoms with Crippen LogP contribution < -0.4 is 5.32 Å². The molecule has 1 amide bonds. The number of benzene rings is 1. The largest absolute Gasteiger partial charge is 0.379 e. The molecule has 0 radical (unpaired) electrons. The van der Waals surface area contributed by atoms with Crippen molar-refractivity contribution in [2.24, 2.45) is 0 Å². The van der Waals surface area contributed by atoms with Crippen molar-refractivity contribution < 1.29 is 14.3 Å². The summed E-state index contributed by atoms with van der Waals surface area (Å²) in [6.07, 6.45) is 3.26. The number of nitrogens with one attached hydrogen (secondary N) is 1. The normalized spacial score (nSPS) is 17.1. The first-order valence-electron chi connectivity index (χ1n) is 8.31. The van der Waals surface area contributed by atoms with Gasteiger partial charge in [-0.25, -0.2) is 4.98 Å². The SMILES string of the molecule is O=C(NCCCOCC1CCCO1)c1csc(-c2ccccc2)n1. The van der Waals surface area contributed by atoms with Crippen LogP contribution in [-0.2, 0) is 9.47 Å². The van der Waals surface area contributed by atoms with Gasteiger partial charge < -0.3 is 14.8 Å². The van der Waals surface area contributed by atoms with E-state index in [9.17, 15) is 4.79 Å². The fraction of sp³-hybridized carbons (Fsp3) is 0.444. The lowest BCUT2D eigenvalue weighted by atomic mass is 10.2. The maximum Gasteiger partial charge on any atom is 0.270 e. The maximum absolute atomic E-state index is 12.1. The van der Waals surface area contributed by atoms with Crippen molar-refractivity contribution in [2.45, 2.75) is 25.4 Å². The summed E-state index contributed by atoms with van der Waals surface area (Å²) in [5.41, 5.74) is 1.50. The number of rotatable bonds is 8. The van der Waals surface area contributed by atoms with E-state index in [1.54, 1.807) is 5.38 Å². The molecular weight excluding hydrogens is 324 g/mol. The Morgan fingerprint density at radius 1 is 1.38 bits per heavy atom.